The van der Waals surface area contributed by atoms with Gasteiger partial charge in [-0.1, -0.05) is 12.2 Å². The monoisotopic (exact) mass is 398 g/mol. The van der Waals surface area contributed by atoms with Gasteiger partial charge in [-0.3, -0.25) is 15.0 Å². The molecule has 7 heteroatoms. The maximum atomic E-state index is 11.4. The molecule has 2 heterocycles. The molecule has 1 aromatic carbocycles. The van der Waals surface area contributed by atoms with E-state index in [-0.39, 0.29) is 22.6 Å². The van der Waals surface area contributed by atoms with Crippen molar-refractivity contribution in [2.45, 2.75) is 31.4 Å². The number of benzene rings is 1. The number of rotatable bonds is 4. The van der Waals surface area contributed by atoms with Crippen molar-refractivity contribution in [1.82, 2.24) is 4.90 Å². The summed E-state index contributed by atoms with van der Waals surface area (Å²) in [6.45, 7) is 4.52. The van der Waals surface area contributed by atoms with Gasteiger partial charge in [0.1, 0.15) is 11.5 Å². The summed E-state index contributed by atoms with van der Waals surface area (Å²) in [7, 11) is 0. The normalized spacial score (nSPS) is 34.2. The second-order valence-electron chi connectivity index (χ2n) is 8.79. The molecule has 2 fully saturated rings. The van der Waals surface area contributed by atoms with E-state index in [1.54, 1.807) is 12.1 Å². The number of hydrogen-bond acceptors (Lipinski definition) is 6. The van der Waals surface area contributed by atoms with Gasteiger partial charge in [0, 0.05) is 30.8 Å². The van der Waals surface area contributed by atoms with E-state index in [1.807, 2.05) is 13.0 Å². The van der Waals surface area contributed by atoms with Crippen molar-refractivity contribution < 1.29 is 19.5 Å². The van der Waals surface area contributed by atoms with Crippen LogP contribution in [0.4, 0.5) is 5.69 Å². The van der Waals surface area contributed by atoms with E-state index >= 15 is 0 Å². The van der Waals surface area contributed by atoms with Crippen molar-refractivity contribution in [2.24, 2.45) is 17.8 Å². The molecule has 1 N–H and O–H groups in total. The zero-order valence-electron chi connectivity index (χ0n) is 16.5. The van der Waals surface area contributed by atoms with Crippen LogP contribution in [0, 0.1) is 27.9 Å². The Morgan fingerprint density at radius 2 is 2.07 bits per heavy atom. The van der Waals surface area contributed by atoms with Gasteiger partial charge in [-0.15, -0.1) is 0 Å². The molecule has 29 heavy (non-hydrogen) atoms. The number of hydrogen-bond donors (Lipinski definition) is 1. The Balaban J connectivity index is 1.51. The summed E-state index contributed by atoms with van der Waals surface area (Å²) in [5.41, 5.74) is -0.161. The SMILES string of the molecule is CC(O)(C=C1Oc2ccc([N+](=O)[O-])cc2C1N1CCOCC1)C1CC2C=CC1C2. The van der Waals surface area contributed by atoms with Gasteiger partial charge in [-0.05, 0) is 49.7 Å². The summed E-state index contributed by atoms with van der Waals surface area (Å²) in [4.78, 5) is 13.2. The van der Waals surface area contributed by atoms with Gasteiger partial charge < -0.3 is 14.6 Å². The molecule has 2 bridgehead atoms. The first-order chi connectivity index (χ1) is 13.9. The van der Waals surface area contributed by atoms with E-state index in [0.717, 1.165) is 18.4 Å². The lowest BCUT2D eigenvalue weighted by Crippen LogP contribution is -2.40. The molecule has 5 atom stereocenters. The van der Waals surface area contributed by atoms with Crippen LogP contribution in [-0.2, 0) is 4.74 Å². The van der Waals surface area contributed by atoms with Crippen molar-refractivity contribution >= 4 is 5.69 Å². The Kier molecular flexibility index (Phi) is 4.49. The fourth-order valence-corrected chi connectivity index (χ4v) is 5.46. The Labute approximate surface area is 169 Å². The fourth-order valence-electron chi connectivity index (χ4n) is 5.46. The first kappa shape index (κ1) is 18.8. The summed E-state index contributed by atoms with van der Waals surface area (Å²) in [6, 6.07) is 4.49. The molecule has 5 rings (SSSR count). The molecule has 2 aliphatic carbocycles. The number of nitrogens with zero attached hydrogens (tertiary/aromatic N) is 2. The summed E-state index contributed by atoms with van der Waals surface area (Å²) < 4.78 is 11.7. The molecule has 1 saturated carbocycles. The number of aliphatic hydroxyl groups is 1. The molecule has 2 aliphatic heterocycles. The van der Waals surface area contributed by atoms with Gasteiger partial charge in [0.25, 0.3) is 5.69 Å². The maximum Gasteiger partial charge on any atom is 0.270 e. The van der Waals surface area contributed by atoms with Crippen LogP contribution in [0.15, 0.2) is 42.2 Å². The fraction of sp³-hybridized carbons (Fsp3) is 0.545. The third-order valence-electron chi connectivity index (χ3n) is 6.87. The molecule has 0 spiro atoms. The topological polar surface area (TPSA) is 85.1 Å². The standard InChI is InChI=1S/C22H26N2O5/c1-22(25,18-11-14-2-3-15(18)10-14)13-20-21(23-6-8-28-9-7-23)17-12-16(24(26)27)4-5-19(17)29-20/h2-5,12-15,18,21,25H,6-11H2,1H3. The predicted molar refractivity (Wildman–Crippen MR) is 106 cm³/mol. The Bertz CT molecular complexity index is 887. The van der Waals surface area contributed by atoms with Crippen molar-refractivity contribution in [3.63, 3.8) is 0 Å². The highest BCUT2D eigenvalue weighted by Crippen LogP contribution is 2.50. The zero-order valence-corrected chi connectivity index (χ0v) is 16.5. The molecular formula is C22H26N2O5. The first-order valence-electron chi connectivity index (χ1n) is 10.3. The van der Waals surface area contributed by atoms with Crippen LogP contribution in [0.2, 0.25) is 0 Å². The Hall–Kier alpha value is -2.22. The van der Waals surface area contributed by atoms with Crippen LogP contribution in [0.1, 0.15) is 31.4 Å². The van der Waals surface area contributed by atoms with E-state index in [1.165, 1.54) is 6.07 Å². The first-order valence-corrected chi connectivity index (χ1v) is 10.3. The lowest BCUT2D eigenvalue weighted by Gasteiger charge is -2.35. The van der Waals surface area contributed by atoms with Gasteiger partial charge in [-0.25, -0.2) is 0 Å². The Morgan fingerprint density at radius 1 is 1.28 bits per heavy atom. The van der Waals surface area contributed by atoms with Gasteiger partial charge in [0.15, 0.2) is 0 Å². The lowest BCUT2D eigenvalue weighted by atomic mass is 9.79. The molecule has 0 aromatic heterocycles. The minimum atomic E-state index is -1.00. The van der Waals surface area contributed by atoms with E-state index in [0.29, 0.717) is 49.6 Å². The van der Waals surface area contributed by atoms with Crippen LogP contribution in [0.25, 0.3) is 0 Å². The minimum Gasteiger partial charge on any atom is -0.460 e. The summed E-state index contributed by atoms with van der Waals surface area (Å²) in [6.07, 6.45) is 8.46. The van der Waals surface area contributed by atoms with E-state index < -0.39 is 5.60 Å². The van der Waals surface area contributed by atoms with Gasteiger partial charge in [-0.2, -0.15) is 0 Å². The van der Waals surface area contributed by atoms with Gasteiger partial charge in [0.2, 0.25) is 0 Å². The highest BCUT2D eigenvalue weighted by molar-refractivity contribution is 5.52. The number of morpholine rings is 1. The molecule has 154 valence electrons. The minimum absolute atomic E-state index is 0.0526. The molecule has 1 saturated heterocycles. The summed E-state index contributed by atoms with van der Waals surface area (Å²) in [5.74, 6) is 2.42. The van der Waals surface area contributed by atoms with E-state index in [4.69, 9.17) is 9.47 Å². The lowest BCUT2D eigenvalue weighted by molar-refractivity contribution is -0.384. The molecule has 5 unspecified atom stereocenters. The number of ether oxygens (including phenoxy) is 2. The van der Waals surface area contributed by atoms with Crippen LogP contribution < -0.4 is 4.74 Å². The largest absolute Gasteiger partial charge is 0.460 e. The third kappa shape index (κ3) is 3.27. The molecule has 4 aliphatic rings. The van der Waals surface area contributed by atoms with Crippen molar-refractivity contribution in [3.8, 4) is 5.75 Å². The average Bonchev–Trinajstić information content (AvgIpc) is 3.41. The smallest absolute Gasteiger partial charge is 0.270 e. The Morgan fingerprint density at radius 3 is 2.72 bits per heavy atom. The van der Waals surface area contributed by atoms with Crippen LogP contribution in [-0.4, -0.2) is 46.8 Å². The highest BCUT2D eigenvalue weighted by Gasteiger charge is 2.46. The second-order valence-corrected chi connectivity index (χ2v) is 8.79. The average molecular weight is 398 g/mol. The van der Waals surface area contributed by atoms with Crippen LogP contribution >= 0.6 is 0 Å². The summed E-state index contributed by atoms with van der Waals surface area (Å²) in [5, 5.41) is 22.7. The number of non-ortho nitro benzene ring substituents is 1. The van der Waals surface area contributed by atoms with E-state index in [2.05, 4.69) is 17.1 Å². The van der Waals surface area contributed by atoms with Crippen molar-refractivity contribution in [1.29, 1.82) is 0 Å². The molecular weight excluding hydrogens is 372 g/mol. The highest BCUT2D eigenvalue weighted by atomic mass is 16.6. The van der Waals surface area contributed by atoms with Crippen LogP contribution in [0.3, 0.4) is 0 Å². The van der Waals surface area contributed by atoms with Gasteiger partial charge >= 0.3 is 0 Å². The number of nitro benzene ring substituents is 1. The summed E-state index contributed by atoms with van der Waals surface area (Å²) >= 11 is 0. The van der Waals surface area contributed by atoms with Gasteiger partial charge in [0.05, 0.1) is 29.8 Å². The van der Waals surface area contributed by atoms with E-state index in [9.17, 15) is 15.2 Å². The maximum absolute atomic E-state index is 11.4. The number of nitro groups is 1. The van der Waals surface area contributed by atoms with Crippen molar-refractivity contribution in [2.75, 3.05) is 26.3 Å². The number of allylic oxidation sites excluding steroid dienone is 2. The second kappa shape index (κ2) is 6.93. The number of fused-ring (bicyclic) bond motifs is 3. The van der Waals surface area contributed by atoms with Crippen LogP contribution in [0.5, 0.6) is 5.75 Å². The zero-order chi connectivity index (χ0) is 20.2. The molecule has 0 radical (unpaired) electrons. The molecule has 7 nitrogen and oxygen atoms in total. The quantitative estimate of drug-likeness (QED) is 0.476. The third-order valence-corrected chi connectivity index (χ3v) is 6.87. The molecule has 0 amide bonds. The predicted octanol–water partition coefficient (Wildman–Crippen LogP) is 3.21. The molecule has 1 aromatic rings. The van der Waals surface area contributed by atoms with Crippen molar-refractivity contribution in [3.05, 3.63) is 57.9 Å².